The Morgan fingerprint density at radius 1 is 1.06 bits per heavy atom. The SMILES string of the molecule is NCc1ccc(-c2ccc(C3CCC3)cc2)o1. The van der Waals surface area contributed by atoms with Gasteiger partial charge in [0.15, 0.2) is 0 Å². The third-order valence-corrected chi connectivity index (χ3v) is 3.63. The summed E-state index contributed by atoms with van der Waals surface area (Å²) in [5.74, 6) is 2.54. The standard InChI is InChI=1S/C15H17NO/c16-10-14-8-9-15(17-14)13-6-4-12(5-7-13)11-2-1-3-11/h4-9,11H,1-3,10,16H2. The third-order valence-electron chi connectivity index (χ3n) is 3.63. The van der Waals surface area contributed by atoms with Gasteiger partial charge in [-0.2, -0.15) is 0 Å². The van der Waals surface area contributed by atoms with Crippen molar-refractivity contribution in [3.05, 3.63) is 47.7 Å². The van der Waals surface area contributed by atoms with E-state index in [9.17, 15) is 0 Å². The second kappa shape index (κ2) is 4.38. The molecule has 0 unspecified atom stereocenters. The molecule has 2 aromatic rings. The van der Waals surface area contributed by atoms with Crippen molar-refractivity contribution in [3.8, 4) is 11.3 Å². The molecule has 2 nitrogen and oxygen atoms in total. The first-order chi connectivity index (χ1) is 8.36. The molecule has 0 saturated heterocycles. The molecule has 1 heterocycles. The van der Waals surface area contributed by atoms with Crippen LogP contribution >= 0.6 is 0 Å². The second-order valence-corrected chi connectivity index (χ2v) is 4.72. The maximum Gasteiger partial charge on any atom is 0.134 e. The quantitative estimate of drug-likeness (QED) is 0.868. The summed E-state index contributed by atoms with van der Waals surface area (Å²) in [7, 11) is 0. The van der Waals surface area contributed by atoms with E-state index < -0.39 is 0 Å². The van der Waals surface area contributed by atoms with Gasteiger partial charge in [0.2, 0.25) is 0 Å². The zero-order chi connectivity index (χ0) is 11.7. The zero-order valence-electron chi connectivity index (χ0n) is 9.86. The summed E-state index contributed by atoms with van der Waals surface area (Å²) in [5.41, 5.74) is 8.13. The van der Waals surface area contributed by atoms with Crippen LogP contribution in [0.2, 0.25) is 0 Å². The highest BCUT2D eigenvalue weighted by Crippen LogP contribution is 2.37. The van der Waals surface area contributed by atoms with Gasteiger partial charge in [0.1, 0.15) is 11.5 Å². The van der Waals surface area contributed by atoms with Crippen LogP contribution in [0.5, 0.6) is 0 Å². The highest BCUT2D eigenvalue weighted by molar-refractivity contribution is 5.58. The van der Waals surface area contributed by atoms with Crippen molar-refractivity contribution in [1.82, 2.24) is 0 Å². The summed E-state index contributed by atoms with van der Waals surface area (Å²) >= 11 is 0. The first-order valence-corrected chi connectivity index (χ1v) is 6.26. The topological polar surface area (TPSA) is 39.2 Å². The van der Waals surface area contributed by atoms with E-state index in [-0.39, 0.29) is 0 Å². The number of furan rings is 1. The van der Waals surface area contributed by atoms with E-state index in [2.05, 4.69) is 24.3 Å². The van der Waals surface area contributed by atoms with Gasteiger partial charge in [-0.05, 0) is 36.5 Å². The summed E-state index contributed by atoms with van der Waals surface area (Å²) in [6.07, 6.45) is 4.07. The van der Waals surface area contributed by atoms with Gasteiger partial charge < -0.3 is 10.2 Å². The fourth-order valence-corrected chi connectivity index (χ4v) is 2.30. The monoisotopic (exact) mass is 227 g/mol. The van der Waals surface area contributed by atoms with Crippen molar-refractivity contribution < 1.29 is 4.42 Å². The number of rotatable bonds is 3. The molecule has 0 atom stereocenters. The molecule has 0 aliphatic heterocycles. The van der Waals surface area contributed by atoms with Crippen LogP contribution in [0.4, 0.5) is 0 Å². The van der Waals surface area contributed by atoms with E-state index in [1.54, 1.807) is 0 Å². The molecule has 1 aromatic heterocycles. The molecule has 1 aliphatic carbocycles. The number of hydrogen-bond donors (Lipinski definition) is 1. The van der Waals surface area contributed by atoms with Crippen LogP contribution in [0, 0.1) is 0 Å². The van der Waals surface area contributed by atoms with Crippen LogP contribution in [0.25, 0.3) is 11.3 Å². The fraction of sp³-hybridized carbons (Fsp3) is 0.333. The average molecular weight is 227 g/mol. The molecule has 2 heteroatoms. The van der Waals surface area contributed by atoms with Crippen LogP contribution < -0.4 is 5.73 Å². The molecule has 1 saturated carbocycles. The van der Waals surface area contributed by atoms with Gasteiger partial charge in [-0.25, -0.2) is 0 Å². The Bertz CT molecular complexity index is 494. The molecular weight excluding hydrogens is 210 g/mol. The molecule has 0 spiro atoms. The summed E-state index contributed by atoms with van der Waals surface area (Å²) in [5, 5.41) is 0. The molecule has 1 aromatic carbocycles. The Balaban J connectivity index is 1.83. The first-order valence-electron chi connectivity index (χ1n) is 6.26. The molecule has 0 amide bonds. The molecule has 0 bridgehead atoms. The van der Waals surface area contributed by atoms with E-state index in [1.165, 1.54) is 24.8 Å². The third kappa shape index (κ3) is 2.01. The molecule has 17 heavy (non-hydrogen) atoms. The van der Waals surface area contributed by atoms with Crippen molar-refractivity contribution in [2.75, 3.05) is 0 Å². The highest BCUT2D eigenvalue weighted by atomic mass is 16.3. The minimum absolute atomic E-state index is 0.458. The van der Waals surface area contributed by atoms with Gasteiger partial charge in [-0.3, -0.25) is 0 Å². The van der Waals surface area contributed by atoms with Crippen LogP contribution in [-0.2, 0) is 6.54 Å². The van der Waals surface area contributed by atoms with Crippen molar-refractivity contribution >= 4 is 0 Å². The molecule has 88 valence electrons. The molecule has 2 N–H and O–H groups in total. The first kappa shape index (κ1) is 10.6. The smallest absolute Gasteiger partial charge is 0.134 e. The lowest BCUT2D eigenvalue weighted by atomic mass is 9.80. The van der Waals surface area contributed by atoms with Gasteiger partial charge in [-0.1, -0.05) is 30.7 Å². The predicted molar refractivity (Wildman–Crippen MR) is 68.6 cm³/mol. The van der Waals surface area contributed by atoms with Crippen LogP contribution in [0.1, 0.15) is 36.5 Å². The maximum absolute atomic E-state index is 5.63. The van der Waals surface area contributed by atoms with Crippen molar-refractivity contribution in [3.63, 3.8) is 0 Å². The van der Waals surface area contributed by atoms with Crippen LogP contribution in [-0.4, -0.2) is 0 Å². The van der Waals surface area contributed by atoms with E-state index in [0.717, 1.165) is 23.0 Å². The van der Waals surface area contributed by atoms with Gasteiger partial charge in [0, 0.05) is 5.56 Å². The van der Waals surface area contributed by atoms with E-state index in [0.29, 0.717) is 6.54 Å². The number of hydrogen-bond acceptors (Lipinski definition) is 2. The van der Waals surface area contributed by atoms with E-state index >= 15 is 0 Å². The molecule has 1 fully saturated rings. The van der Waals surface area contributed by atoms with Gasteiger partial charge in [0.05, 0.1) is 6.54 Å². The number of nitrogens with two attached hydrogens (primary N) is 1. The fourth-order valence-electron chi connectivity index (χ4n) is 2.30. The lowest BCUT2D eigenvalue weighted by molar-refractivity contribution is 0.420. The van der Waals surface area contributed by atoms with E-state index in [4.69, 9.17) is 10.2 Å². The second-order valence-electron chi connectivity index (χ2n) is 4.72. The average Bonchev–Trinajstić information content (AvgIpc) is 2.76. The maximum atomic E-state index is 5.63. The van der Waals surface area contributed by atoms with Gasteiger partial charge in [0.25, 0.3) is 0 Å². The summed E-state index contributed by atoms with van der Waals surface area (Å²) in [4.78, 5) is 0. The lowest BCUT2D eigenvalue weighted by Crippen LogP contribution is -2.08. The minimum Gasteiger partial charge on any atom is -0.460 e. The molecule has 1 aliphatic rings. The van der Waals surface area contributed by atoms with Crippen LogP contribution in [0.15, 0.2) is 40.8 Å². The molecule has 3 rings (SSSR count). The van der Waals surface area contributed by atoms with Crippen molar-refractivity contribution in [2.45, 2.75) is 31.7 Å². The largest absolute Gasteiger partial charge is 0.460 e. The molecule has 0 radical (unpaired) electrons. The highest BCUT2D eigenvalue weighted by Gasteiger charge is 2.19. The Hall–Kier alpha value is -1.54. The zero-order valence-corrected chi connectivity index (χ0v) is 9.86. The predicted octanol–water partition coefficient (Wildman–Crippen LogP) is 3.67. The minimum atomic E-state index is 0.458. The summed E-state index contributed by atoms with van der Waals surface area (Å²) in [6.45, 7) is 0.458. The normalized spacial score (nSPS) is 15.8. The Labute approximate surface area is 101 Å². The van der Waals surface area contributed by atoms with E-state index in [1.807, 2.05) is 12.1 Å². The van der Waals surface area contributed by atoms with Gasteiger partial charge in [-0.15, -0.1) is 0 Å². The summed E-state index contributed by atoms with van der Waals surface area (Å²) < 4.78 is 5.63. The van der Waals surface area contributed by atoms with Crippen molar-refractivity contribution in [2.24, 2.45) is 5.73 Å². The van der Waals surface area contributed by atoms with Gasteiger partial charge >= 0.3 is 0 Å². The Morgan fingerprint density at radius 3 is 2.35 bits per heavy atom. The number of benzene rings is 1. The Kier molecular flexibility index (Phi) is 2.73. The summed E-state index contributed by atoms with van der Waals surface area (Å²) in [6, 6.07) is 12.7. The van der Waals surface area contributed by atoms with Crippen molar-refractivity contribution in [1.29, 1.82) is 0 Å². The van der Waals surface area contributed by atoms with Crippen LogP contribution in [0.3, 0.4) is 0 Å². The lowest BCUT2D eigenvalue weighted by Gasteiger charge is -2.25. The molecular formula is C15H17NO. The Morgan fingerprint density at radius 2 is 1.82 bits per heavy atom.